The maximum absolute atomic E-state index is 12.2. The van der Waals surface area contributed by atoms with Crippen molar-refractivity contribution in [1.82, 2.24) is 9.80 Å². The van der Waals surface area contributed by atoms with Gasteiger partial charge >= 0.3 is 12.1 Å². The molecule has 0 aromatic heterocycles. The molecule has 0 aliphatic carbocycles. The minimum Gasteiger partial charge on any atom is -0.466 e. The Morgan fingerprint density at radius 2 is 1.78 bits per heavy atom. The highest BCUT2D eigenvalue weighted by atomic mass is 16.6. The third kappa shape index (κ3) is 6.77. The number of esters is 1. The lowest BCUT2D eigenvalue weighted by atomic mass is 9.84. The summed E-state index contributed by atoms with van der Waals surface area (Å²) in [6, 6.07) is 0. The van der Waals surface area contributed by atoms with Crippen LogP contribution in [-0.2, 0) is 14.3 Å². The number of rotatable bonds is 5. The topological polar surface area (TPSA) is 59.1 Å². The Morgan fingerprint density at radius 3 is 2.22 bits per heavy atom. The predicted molar refractivity (Wildman–Crippen MR) is 89.2 cm³/mol. The Labute approximate surface area is 140 Å². The van der Waals surface area contributed by atoms with Crippen molar-refractivity contribution in [3.8, 4) is 0 Å². The van der Waals surface area contributed by atoms with Crippen LogP contribution in [0.3, 0.4) is 0 Å². The first-order chi connectivity index (χ1) is 10.6. The smallest absolute Gasteiger partial charge is 0.410 e. The molecule has 1 aliphatic heterocycles. The summed E-state index contributed by atoms with van der Waals surface area (Å²) in [6.45, 7) is 9.76. The molecule has 1 aliphatic rings. The molecule has 1 amide bonds. The average Bonchev–Trinajstić information content (AvgIpc) is 2.43. The lowest BCUT2D eigenvalue weighted by molar-refractivity contribution is -0.151. The van der Waals surface area contributed by atoms with Gasteiger partial charge in [0.15, 0.2) is 0 Å². The summed E-state index contributed by atoms with van der Waals surface area (Å²) in [7, 11) is 3.92. The van der Waals surface area contributed by atoms with Crippen molar-refractivity contribution in [3.05, 3.63) is 0 Å². The molecule has 6 heteroatoms. The molecular formula is C17H32N2O4. The van der Waals surface area contributed by atoms with Gasteiger partial charge in [0.1, 0.15) is 5.60 Å². The van der Waals surface area contributed by atoms with E-state index in [0.29, 0.717) is 26.2 Å². The second-order valence-corrected chi connectivity index (χ2v) is 7.43. The van der Waals surface area contributed by atoms with Crippen molar-refractivity contribution >= 4 is 12.1 Å². The van der Waals surface area contributed by atoms with Crippen molar-refractivity contribution in [3.63, 3.8) is 0 Å². The molecular weight excluding hydrogens is 296 g/mol. The van der Waals surface area contributed by atoms with E-state index in [0.717, 1.165) is 12.8 Å². The molecule has 0 saturated carbocycles. The SMILES string of the molecule is CCOC(=O)C(CN(C)C)C1CCN(C(=O)OC(C)(C)C)CC1. The van der Waals surface area contributed by atoms with Gasteiger partial charge in [-0.15, -0.1) is 0 Å². The van der Waals surface area contributed by atoms with Crippen LogP contribution >= 0.6 is 0 Å². The minimum absolute atomic E-state index is 0.128. The monoisotopic (exact) mass is 328 g/mol. The fourth-order valence-corrected chi connectivity index (χ4v) is 2.87. The van der Waals surface area contributed by atoms with E-state index < -0.39 is 5.60 Å². The molecule has 23 heavy (non-hydrogen) atoms. The van der Waals surface area contributed by atoms with Crippen LogP contribution in [0.4, 0.5) is 4.79 Å². The number of amides is 1. The van der Waals surface area contributed by atoms with Gasteiger partial charge in [-0.25, -0.2) is 4.79 Å². The van der Waals surface area contributed by atoms with Crippen molar-refractivity contribution in [2.24, 2.45) is 11.8 Å². The summed E-state index contributed by atoms with van der Waals surface area (Å²) in [4.78, 5) is 28.1. The number of carbonyl (C=O) groups is 2. The van der Waals surface area contributed by atoms with E-state index in [4.69, 9.17) is 9.47 Å². The average molecular weight is 328 g/mol. The molecule has 0 aromatic carbocycles. The lowest BCUT2D eigenvalue weighted by Gasteiger charge is -2.36. The summed E-state index contributed by atoms with van der Waals surface area (Å²) in [5.41, 5.74) is -0.480. The molecule has 134 valence electrons. The van der Waals surface area contributed by atoms with Gasteiger partial charge in [-0.3, -0.25) is 4.79 Å². The third-order valence-corrected chi connectivity index (χ3v) is 3.91. The zero-order valence-electron chi connectivity index (χ0n) is 15.4. The van der Waals surface area contributed by atoms with Gasteiger partial charge in [0, 0.05) is 19.6 Å². The number of hydrogen-bond donors (Lipinski definition) is 0. The first kappa shape index (κ1) is 19.7. The van der Waals surface area contributed by atoms with E-state index in [1.54, 1.807) is 4.90 Å². The first-order valence-corrected chi connectivity index (χ1v) is 8.43. The number of nitrogens with zero attached hydrogens (tertiary/aromatic N) is 2. The highest BCUT2D eigenvalue weighted by molar-refractivity contribution is 5.73. The summed E-state index contributed by atoms with van der Waals surface area (Å²) in [5.74, 6) is -0.0159. The number of piperidine rings is 1. The van der Waals surface area contributed by atoms with Crippen LogP contribution in [0, 0.1) is 11.8 Å². The highest BCUT2D eigenvalue weighted by Crippen LogP contribution is 2.27. The van der Waals surface area contributed by atoms with Gasteiger partial charge in [-0.05, 0) is 60.5 Å². The first-order valence-electron chi connectivity index (χ1n) is 8.43. The van der Waals surface area contributed by atoms with Crippen LogP contribution in [0.15, 0.2) is 0 Å². The van der Waals surface area contributed by atoms with Gasteiger partial charge in [-0.2, -0.15) is 0 Å². The van der Waals surface area contributed by atoms with Crippen molar-refractivity contribution in [1.29, 1.82) is 0 Å². The van der Waals surface area contributed by atoms with E-state index in [2.05, 4.69) is 0 Å². The molecule has 1 saturated heterocycles. The molecule has 0 bridgehead atoms. The largest absolute Gasteiger partial charge is 0.466 e. The van der Waals surface area contributed by atoms with Crippen molar-refractivity contribution < 1.29 is 19.1 Å². The molecule has 0 spiro atoms. The van der Waals surface area contributed by atoms with E-state index in [9.17, 15) is 9.59 Å². The quantitative estimate of drug-likeness (QED) is 0.725. The van der Waals surface area contributed by atoms with Crippen LogP contribution in [0.25, 0.3) is 0 Å². The Balaban J connectivity index is 2.60. The molecule has 6 nitrogen and oxygen atoms in total. The van der Waals surface area contributed by atoms with E-state index in [1.807, 2.05) is 46.7 Å². The Bertz CT molecular complexity index is 396. The van der Waals surface area contributed by atoms with Crippen LogP contribution < -0.4 is 0 Å². The van der Waals surface area contributed by atoms with Gasteiger partial charge in [0.25, 0.3) is 0 Å². The summed E-state index contributed by atoms with van der Waals surface area (Å²) < 4.78 is 10.6. The molecule has 0 aromatic rings. The number of hydrogen-bond acceptors (Lipinski definition) is 5. The second kappa shape index (κ2) is 8.52. The minimum atomic E-state index is -0.480. The van der Waals surface area contributed by atoms with Gasteiger partial charge < -0.3 is 19.3 Å². The third-order valence-electron chi connectivity index (χ3n) is 3.91. The van der Waals surface area contributed by atoms with Crippen LogP contribution in [0.1, 0.15) is 40.5 Å². The van der Waals surface area contributed by atoms with Crippen molar-refractivity contribution in [2.45, 2.75) is 46.1 Å². The lowest BCUT2D eigenvalue weighted by Crippen LogP contribution is -2.45. The molecule has 0 N–H and O–H groups in total. The summed E-state index contributed by atoms with van der Waals surface area (Å²) >= 11 is 0. The van der Waals surface area contributed by atoms with E-state index in [-0.39, 0.29) is 23.9 Å². The van der Waals surface area contributed by atoms with Gasteiger partial charge in [0.2, 0.25) is 0 Å². The maximum Gasteiger partial charge on any atom is 0.410 e. The fraction of sp³-hybridized carbons (Fsp3) is 0.882. The number of likely N-dealkylation sites (tertiary alicyclic amines) is 1. The second-order valence-electron chi connectivity index (χ2n) is 7.43. The van der Waals surface area contributed by atoms with Gasteiger partial charge in [0.05, 0.1) is 12.5 Å². The number of carbonyl (C=O) groups excluding carboxylic acids is 2. The Kier molecular flexibility index (Phi) is 7.32. The van der Waals surface area contributed by atoms with Crippen LogP contribution in [0.2, 0.25) is 0 Å². The predicted octanol–water partition coefficient (Wildman–Crippen LogP) is 2.37. The normalized spacial score (nSPS) is 18.0. The van der Waals surface area contributed by atoms with E-state index in [1.165, 1.54) is 0 Å². The summed E-state index contributed by atoms with van der Waals surface area (Å²) in [5, 5.41) is 0. The zero-order valence-corrected chi connectivity index (χ0v) is 15.4. The van der Waals surface area contributed by atoms with Gasteiger partial charge in [-0.1, -0.05) is 0 Å². The molecule has 1 heterocycles. The number of ether oxygens (including phenoxy) is 2. The Hall–Kier alpha value is -1.30. The highest BCUT2D eigenvalue weighted by Gasteiger charge is 2.34. The van der Waals surface area contributed by atoms with E-state index >= 15 is 0 Å². The van der Waals surface area contributed by atoms with Crippen molar-refractivity contribution in [2.75, 3.05) is 40.3 Å². The molecule has 1 fully saturated rings. The Morgan fingerprint density at radius 1 is 1.22 bits per heavy atom. The maximum atomic E-state index is 12.2. The fourth-order valence-electron chi connectivity index (χ4n) is 2.87. The zero-order chi connectivity index (χ0) is 17.6. The van der Waals surface area contributed by atoms with Crippen LogP contribution in [0.5, 0.6) is 0 Å². The molecule has 1 atom stereocenters. The molecule has 0 radical (unpaired) electrons. The van der Waals surface area contributed by atoms with Crippen LogP contribution in [-0.4, -0.2) is 67.8 Å². The summed E-state index contributed by atoms with van der Waals surface area (Å²) in [6.07, 6.45) is 1.34. The standard InChI is InChI=1S/C17H32N2O4/c1-7-22-15(20)14(12-18(5)6)13-8-10-19(11-9-13)16(21)23-17(2,3)4/h13-14H,7-12H2,1-6H3. The molecule has 1 unspecified atom stereocenters. The molecule has 1 rings (SSSR count).